The molecule has 0 radical (unpaired) electrons. The molecular weight excluding hydrogens is 376 g/mol. The number of anilines is 2. The molecule has 2 aromatic rings. The molecule has 0 bridgehead atoms. The first-order chi connectivity index (χ1) is 8.88. The van der Waals surface area contributed by atoms with E-state index in [2.05, 4.69) is 42.3 Å². The zero-order chi connectivity index (χ0) is 14.2. The van der Waals surface area contributed by atoms with Crippen LogP contribution in [0.4, 0.5) is 11.4 Å². The van der Waals surface area contributed by atoms with Gasteiger partial charge in [0.1, 0.15) is 5.69 Å². The van der Waals surface area contributed by atoms with Crippen LogP contribution in [0.3, 0.4) is 0 Å². The van der Waals surface area contributed by atoms with Crippen LogP contribution in [0.1, 0.15) is 16.2 Å². The minimum absolute atomic E-state index is 0.228. The van der Waals surface area contributed by atoms with Crippen molar-refractivity contribution >= 4 is 49.1 Å². The molecule has 0 spiro atoms. The summed E-state index contributed by atoms with van der Waals surface area (Å²) in [6.07, 6.45) is 0. The number of hydrogen-bond donors (Lipinski definition) is 2. The molecule has 0 aliphatic heterocycles. The molecule has 2 rings (SSSR count). The van der Waals surface area contributed by atoms with Gasteiger partial charge in [0.15, 0.2) is 0 Å². The Labute approximate surface area is 127 Å². The molecule has 1 amide bonds. The standard InChI is InChI=1S/C12H12Br2N4O/c1-6-3-10(18(2)17-6)12(19)16-11-8(13)4-7(15)5-9(11)14/h3-5H,15H2,1-2H3,(H,16,19). The van der Waals surface area contributed by atoms with Gasteiger partial charge in [0.2, 0.25) is 0 Å². The molecule has 0 saturated carbocycles. The number of nitrogen functional groups attached to an aromatic ring is 1. The van der Waals surface area contributed by atoms with E-state index in [1.54, 1.807) is 29.9 Å². The Morgan fingerprint density at radius 3 is 2.37 bits per heavy atom. The van der Waals surface area contributed by atoms with E-state index >= 15 is 0 Å². The van der Waals surface area contributed by atoms with E-state index in [9.17, 15) is 4.79 Å². The van der Waals surface area contributed by atoms with Crippen LogP contribution in [0.2, 0.25) is 0 Å². The van der Waals surface area contributed by atoms with E-state index in [-0.39, 0.29) is 5.91 Å². The van der Waals surface area contributed by atoms with Crippen molar-refractivity contribution in [3.8, 4) is 0 Å². The second kappa shape index (κ2) is 5.34. The van der Waals surface area contributed by atoms with Crippen LogP contribution in [-0.2, 0) is 7.05 Å². The number of benzene rings is 1. The van der Waals surface area contributed by atoms with Gasteiger partial charge in [-0.05, 0) is 57.0 Å². The summed E-state index contributed by atoms with van der Waals surface area (Å²) >= 11 is 6.75. The largest absolute Gasteiger partial charge is 0.399 e. The van der Waals surface area contributed by atoms with E-state index < -0.39 is 0 Å². The zero-order valence-corrected chi connectivity index (χ0v) is 13.5. The Bertz CT molecular complexity index is 628. The highest BCUT2D eigenvalue weighted by molar-refractivity contribution is 9.11. The molecule has 0 fully saturated rings. The number of nitrogens with two attached hydrogens (primary N) is 1. The summed E-state index contributed by atoms with van der Waals surface area (Å²) in [5, 5.41) is 6.97. The molecule has 0 aliphatic rings. The van der Waals surface area contributed by atoms with Crippen LogP contribution in [0.5, 0.6) is 0 Å². The quantitative estimate of drug-likeness (QED) is 0.777. The summed E-state index contributed by atoms with van der Waals surface area (Å²) in [6.45, 7) is 1.84. The van der Waals surface area contributed by atoms with Gasteiger partial charge in [-0.15, -0.1) is 0 Å². The number of aryl methyl sites for hydroxylation is 2. The summed E-state index contributed by atoms with van der Waals surface area (Å²) in [5.74, 6) is -0.228. The van der Waals surface area contributed by atoms with Gasteiger partial charge in [0.25, 0.3) is 5.91 Å². The lowest BCUT2D eigenvalue weighted by atomic mass is 10.2. The molecular formula is C12H12Br2N4O. The van der Waals surface area contributed by atoms with Crippen LogP contribution >= 0.6 is 31.9 Å². The average Bonchev–Trinajstić information content (AvgIpc) is 2.62. The monoisotopic (exact) mass is 386 g/mol. The highest BCUT2D eigenvalue weighted by atomic mass is 79.9. The lowest BCUT2D eigenvalue weighted by Gasteiger charge is -2.10. The van der Waals surface area contributed by atoms with Gasteiger partial charge in [-0.1, -0.05) is 0 Å². The van der Waals surface area contributed by atoms with Gasteiger partial charge < -0.3 is 11.1 Å². The molecule has 0 aliphatic carbocycles. The van der Waals surface area contributed by atoms with Crippen molar-refractivity contribution in [2.24, 2.45) is 7.05 Å². The maximum atomic E-state index is 12.2. The molecule has 3 N–H and O–H groups in total. The van der Waals surface area contributed by atoms with E-state index in [1.165, 1.54) is 0 Å². The lowest BCUT2D eigenvalue weighted by molar-refractivity contribution is 0.101. The van der Waals surface area contributed by atoms with Gasteiger partial charge in [-0.2, -0.15) is 5.10 Å². The number of hydrogen-bond acceptors (Lipinski definition) is 3. The fourth-order valence-corrected chi connectivity index (χ4v) is 3.13. The maximum absolute atomic E-state index is 12.2. The normalized spacial score (nSPS) is 10.5. The Morgan fingerprint density at radius 1 is 1.32 bits per heavy atom. The van der Waals surface area contributed by atoms with E-state index in [4.69, 9.17) is 5.73 Å². The Morgan fingerprint density at radius 2 is 1.89 bits per heavy atom. The highest BCUT2D eigenvalue weighted by Gasteiger charge is 2.15. The number of nitrogens with zero attached hydrogens (tertiary/aromatic N) is 2. The fraction of sp³-hybridized carbons (Fsp3) is 0.167. The maximum Gasteiger partial charge on any atom is 0.273 e. The van der Waals surface area contributed by atoms with Gasteiger partial charge in [0, 0.05) is 21.7 Å². The van der Waals surface area contributed by atoms with Crippen LogP contribution in [-0.4, -0.2) is 15.7 Å². The number of aromatic nitrogens is 2. The molecule has 0 saturated heterocycles. The SMILES string of the molecule is Cc1cc(C(=O)Nc2c(Br)cc(N)cc2Br)n(C)n1. The smallest absolute Gasteiger partial charge is 0.273 e. The molecule has 5 nitrogen and oxygen atoms in total. The van der Waals surface area contributed by atoms with Gasteiger partial charge in [0.05, 0.1) is 11.4 Å². The molecule has 1 heterocycles. The summed E-state index contributed by atoms with van der Waals surface area (Å²) in [5.41, 5.74) is 8.24. The Hall–Kier alpha value is -1.34. The molecule has 1 aromatic heterocycles. The third-order valence-electron chi connectivity index (χ3n) is 2.54. The van der Waals surface area contributed by atoms with Crippen molar-refractivity contribution in [2.45, 2.75) is 6.92 Å². The van der Waals surface area contributed by atoms with E-state index in [1.807, 2.05) is 6.92 Å². The van der Waals surface area contributed by atoms with E-state index in [0.717, 1.165) is 5.69 Å². The average molecular weight is 388 g/mol. The molecule has 0 unspecified atom stereocenters. The highest BCUT2D eigenvalue weighted by Crippen LogP contribution is 2.33. The molecule has 0 atom stereocenters. The van der Waals surface area contributed by atoms with Crippen molar-refractivity contribution in [3.05, 3.63) is 38.5 Å². The van der Waals surface area contributed by atoms with Crippen LogP contribution in [0, 0.1) is 6.92 Å². The topological polar surface area (TPSA) is 72.9 Å². The first-order valence-corrected chi connectivity index (χ1v) is 7.03. The summed E-state index contributed by atoms with van der Waals surface area (Å²) < 4.78 is 2.97. The summed E-state index contributed by atoms with van der Waals surface area (Å²) in [4.78, 5) is 12.2. The minimum Gasteiger partial charge on any atom is -0.399 e. The second-order valence-corrected chi connectivity index (χ2v) is 5.82. The molecule has 1 aromatic carbocycles. The van der Waals surface area contributed by atoms with Gasteiger partial charge in [-0.25, -0.2) is 0 Å². The van der Waals surface area contributed by atoms with Crippen LogP contribution in [0.25, 0.3) is 0 Å². The number of nitrogens with one attached hydrogen (secondary N) is 1. The zero-order valence-electron chi connectivity index (χ0n) is 10.4. The lowest BCUT2D eigenvalue weighted by Crippen LogP contribution is -2.16. The number of carbonyl (C=O) groups excluding carboxylic acids is 1. The summed E-state index contributed by atoms with van der Waals surface area (Å²) in [6, 6.07) is 5.19. The minimum atomic E-state index is -0.228. The van der Waals surface area contributed by atoms with E-state index in [0.29, 0.717) is 26.0 Å². The van der Waals surface area contributed by atoms with Gasteiger partial charge >= 0.3 is 0 Å². The Kier molecular flexibility index (Phi) is 3.96. The third kappa shape index (κ3) is 2.98. The van der Waals surface area contributed by atoms with Crippen molar-refractivity contribution < 1.29 is 4.79 Å². The second-order valence-electron chi connectivity index (χ2n) is 4.11. The predicted molar refractivity (Wildman–Crippen MR) is 82.2 cm³/mol. The van der Waals surface area contributed by atoms with Crippen molar-refractivity contribution in [1.82, 2.24) is 9.78 Å². The van der Waals surface area contributed by atoms with Gasteiger partial charge in [-0.3, -0.25) is 9.48 Å². The number of carbonyl (C=O) groups is 1. The number of rotatable bonds is 2. The molecule has 100 valence electrons. The van der Waals surface area contributed by atoms with Crippen LogP contribution < -0.4 is 11.1 Å². The predicted octanol–water partition coefficient (Wildman–Crippen LogP) is 3.09. The summed E-state index contributed by atoms with van der Waals surface area (Å²) in [7, 11) is 1.73. The van der Waals surface area contributed by atoms with Crippen molar-refractivity contribution in [2.75, 3.05) is 11.1 Å². The van der Waals surface area contributed by atoms with Crippen molar-refractivity contribution in [1.29, 1.82) is 0 Å². The Balaban J connectivity index is 2.32. The van der Waals surface area contributed by atoms with Crippen LogP contribution in [0.15, 0.2) is 27.1 Å². The fourth-order valence-electron chi connectivity index (χ4n) is 1.71. The third-order valence-corrected chi connectivity index (χ3v) is 3.79. The molecule has 7 heteroatoms. The number of amides is 1. The van der Waals surface area contributed by atoms with Crippen molar-refractivity contribution in [3.63, 3.8) is 0 Å². The first-order valence-electron chi connectivity index (χ1n) is 5.45. The molecule has 19 heavy (non-hydrogen) atoms. The number of halogens is 2. The first kappa shape index (κ1) is 14.1.